The molecule has 5 nitrogen and oxygen atoms in total. The molecule has 0 radical (unpaired) electrons. The maximum atomic E-state index is 13.2. The van der Waals surface area contributed by atoms with Crippen molar-refractivity contribution in [2.24, 2.45) is 0 Å². The van der Waals surface area contributed by atoms with Gasteiger partial charge in [0.25, 0.3) is 5.91 Å². The number of aryl methyl sites for hydroxylation is 1. The van der Waals surface area contributed by atoms with E-state index in [1.165, 1.54) is 18.5 Å². The van der Waals surface area contributed by atoms with Crippen LogP contribution in [0.2, 0.25) is 5.02 Å². The summed E-state index contributed by atoms with van der Waals surface area (Å²) in [5.74, 6) is -0.196. The Hall–Kier alpha value is -1.92. The summed E-state index contributed by atoms with van der Waals surface area (Å²) in [6.07, 6.45) is 0.906. The van der Waals surface area contributed by atoms with Gasteiger partial charge in [0.2, 0.25) is 0 Å². The SMILES string of the molecule is Cc1ocnc1C(=O)N1CCOC(c2ccc(F)c(Cl)c2)C1. The van der Waals surface area contributed by atoms with Crippen LogP contribution < -0.4 is 0 Å². The summed E-state index contributed by atoms with van der Waals surface area (Å²) >= 11 is 5.80. The Morgan fingerprint density at radius 2 is 2.32 bits per heavy atom. The van der Waals surface area contributed by atoms with E-state index < -0.39 is 5.82 Å². The highest BCUT2D eigenvalue weighted by Gasteiger charge is 2.28. The Bertz CT molecular complexity index is 704. The second kappa shape index (κ2) is 6.06. The summed E-state index contributed by atoms with van der Waals surface area (Å²) < 4.78 is 24.0. The van der Waals surface area contributed by atoms with Crippen LogP contribution in [0, 0.1) is 12.7 Å². The normalized spacial score (nSPS) is 18.5. The Morgan fingerprint density at radius 1 is 1.50 bits per heavy atom. The van der Waals surface area contributed by atoms with E-state index in [0.29, 0.717) is 31.2 Å². The van der Waals surface area contributed by atoms with Crippen molar-refractivity contribution in [3.05, 3.63) is 52.5 Å². The highest BCUT2D eigenvalue weighted by atomic mass is 35.5. The van der Waals surface area contributed by atoms with Crippen molar-refractivity contribution in [2.75, 3.05) is 19.7 Å². The molecule has 0 spiro atoms. The minimum atomic E-state index is -0.479. The van der Waals surface area contributed by atoms with Crippen LogP contribution >= 0.6 is 11.6 Å². The zero-order chi connectivity index (χ0) is 15.7. The van der Waals surface area contributed by atoms with E-state index in [0.717, 1.165) is 5.56 Å². The monoisotopic (exact) mass is 324 g/mol. The molecular formula is C15H14ClFN2O3. The van der Waals surface area contributed by atoms with Crippen LogP contribution in [0.3, 0.4) is 0 Å². The van der Waals surface area contributed by atoms with Crippen molar-refractivity contribution in [1.29, 1.82) is 0 Å². The lowest BCUT2D eigenvalue weighted by Gasteiger charge is -2.33. The number of carbonyl (C=O) groups is 1. The Morgan fingerprint density at radius 3 is 3.00 bits per heavy atom. The predicted molar refractivity (Wildman–Crippen MR) is 77.2 cm³/mol. The fraction of sp³-hybridized carbons (Fsp3) is 0.333. The molecule has 7 heteroatoms. The van der Waals surface area contributed by atoms with Crippen LogP contribution in [0.1, 0.15) is 27.9 Å². The number of hydrogen-bond donors (Lipinski definition) is 0. The molecule has 1 atom stereocenters. The van der Waals surface area contributed by atoms with E-state index in [1.807, 2.05) is 0 Å². The molecule has 1 aliphatic rings. The number of morpholine rings is 1. The first kappa shape index (κ1) is 15.0. The quantitative estimate of drug-likeness (QED) is 0.852. The Kier molecular flexibility index (Phi) is 4.13. The van der Waals surface area contributed by atoms with Gasteiger partial charge in [0.15, 0.2) is 12.1 Å². The third kappa shape index (κ3) is 2.84. The minimum absolute atomic E-state index is 0.0388. The van der Waals surface area contributed by atoms with Crippen LogP contribution in [0.15, 0.2) is 29.0 Å². The average Bonchev–Trinajstić information content (AvgIpc) is 2.95. The van der Waals surface area contributed by atoms with Gasteiger partial charge < -0.3 is 14.1 Å². The molecule has 2 aromatic rings. The highest BCUT2D eigenvalue weighted by Crippen LogP contribution is 2.27. The number of benzene rings is 1. The van der Waals surface area contributed by atoms with E-state index in [-0.39, 0.29) is 17.0 Å². The molecule has 116 valence electrons. The summed E-state index contributed by atoms with van der Waals surface area (Å²) in [5.41, 5.74) is 1.04. The second-order valence-corrected chi connectivity index (χ2v) is 5.45. The van der Waals surface area contributed by atoms with Gasteiger partial charge in [-0.05, 0) is 24.6 Å². The first-order valence-electron chi connectivity index (χ1n) is 6.82. The van der Waals surface area contributed by atoms with Gasteiger partial charge in [0, 0.05) is 6.54 Å². The zero-order valence-corrected chi connectivity index (χ0v) is 12.6. The van der Waals surface area contributed by atoms with Crippen LogP contribution in [0.5, 0.6) is 0 Å². The van der Waals surface area contributed by atoms with E-state index >= 15 is 0 Å². The topological polar surface area (TPSA) is 55.6 Å². The van der Waals surface area contributed by atoms with Crippen LogP contribution in [-0.4, -0.2) is 35.5 Å². The largest absolute Gasteiger partial charge is 0.448 e. The number of carbonyl (C=O) groups excluding carboxylic acids is 1. The van der Waals surface area contributed by atoms with E-state index in [1.54, 1.807) is 17.9 Å². The van der Waals surface area contributed by atoms with E-state index in [4.69, 9.17) is 20.8 Å². The molecule has 1 aromatic carbocycles. The molecule has 0 bridgehead atoms. The molecule has 1 saturated heterocycles. The Labute approximate surface area is 131 Å². The molecule has 1 amide bonds. The standard InChI is InChI=1S/C15H14ClFN2O3/c1-9-14(18-8-22-9)15(20)19-4-5-21-13(7-19)10-2-3-12(17)11(16)6-10/h2-3,6,8,13H,4-5,7H2,1H3. The number of aromatic nitrogens is 1. The van der Waals surface area contributed by atoms with Gasteiger partial charge in [-0.1, -0.05) is 17.7 Å². The lowest BCUT2D eigenvalue weighted by atomic mass is 10.1. The minimum Gasteiger partial charge on any atom is -0.448 e. The summed E-state index contributed by atoms with van der Waals surface area (Å²) in [7, 11) is 0. The van der Waals surface area contributed by atoms with E-state index in [2.05, 4.69) is 4.98 Å². The molecule has 1 aliphatic heterocycles. The Balaban J connectivity index is 1.78. The van der Waals surface area contributed by atoms with Gasteiger partial charge in [0.1, 0.15) is 17.7 Å². The number of ether oxygens (including phenoxy) is 1. The summed E-state index contributed by atoms with van der Waals surface area (Å²) in [6, 6.07) is 4.43. The molecule has 22 heavy (non-hydrogen) atoms. The number of oxazole rings is 1. The first-order chi connectivity index (χ1) is 10.6. The fourth-order valence-corrected chi connectivity index (χ4v) is 2.60. The van der Waals surface area contributed by atoms with Gasteiger partial charge in [-0.3, -0.25) is 4.79 Å². The molecule has 3 rings (SSSR count). The molecule has 1 unspecified atom stereocenters. The summed E-state index contributed by atoms with van der Waals surface area (Å²) in [6.45, 7) is 2.91. The first-order valence-corrected chi connectivity index (χ1v) is 7.20. The molecule has 0 saturated carbocycles. The van der Waals surface area contributed by atoms with Crippen molar-refractivity contribution < 1.29 is 18.3 Å². The van der Waals surface area contributed by atoms with Crippen molar-refractivity contribution in [3.8, 4) is 0 Å². The lowest BCUT2D eigenvalue weighted by Crippen LogP contribution is -2.42. The summed E-state index contributed by atoms with van der Waals surface area (Å²) in [5, 5.41) is 0.0388. The number of hydrogen-bond acceptors (Lipinski definition) is 4. The van der Waals surface area contributed by atoms with Gasteiger partial charge in [0.05, 0.1) is 18.2 Å². The van der Waals surface area contributed by atoms with E-state index in [9.17, 15) is 9.18 Å². The molecule has 2 heterocycles. The third-order valence-corrected chi connectivity index (χ3v) is 3.91. The van der Waals surface area contributed by atoms with Crippen molar-refractivity contribution in [3.63, 3.8) is 0 Å². The maximum absolute atomic E-state index is 13.2. The van der Waals surface area contributed by atoms with Crippen molar-refractivity contribution in [2.45, 2.75) is 13.0 Å². The van der Waals surface area contributed by atoms with Gasteiger partial charge in [-0.15, -0.1) is 0 Å². The van der Waals surface area contributed by atoms with Crippen LogP contribution in [-0.2, 0) is 4.74 Å². The summed E-state index contributed by atoms with van der Waals surface area (Å²) in [4.78, 5) is 18.0. The lowest BCUT2D eigenvalue weighted by molar-refractivity contribution is -0.0230. The molecule has 0 aliphatic carbocycles. The fourth-order valence-electron chi connectivity index (χ4n) is 2.41. The maximum Gasteiger partial charge on any atom is 0.276 e. The number of nitrogens with zero attached hydrogens (tertiary/aromatic N) is 2. The number of rotatable bonds is 2. The molecule has 1 aromatic heterocycles. The van der Waals surface area contributed by atoms with Gasteiger partial charge in [-0.25, -0.2) is 9.37 Å². The number of halogens is 2. The zero-order valence-electron chi connectivity index (χ0n) is 11.9. The highest BCUT2D eigenvalue weighted by molar-refractivity contribution is 6.30. The smallest absolute Gasteiger partial charge is 0.276 e. The van der Waals surface area contributed by atoms with Gasteiger partial charge >= 0.3 is 0 Å². The molecular weight excluding hydrogens is 311 g/mol. The number of amides is 1. The second-order valence-electron chi connectivity index (χ2n) is 5.04. The van der Waals surface area contributed by atoms with Crippen molar-refractivity contribution in [1.82, 2.24) is 9.88 Å². The van der Waals surface area contributed by atoms with Gasteiger partial charge in [-0.2, -0.15) is 0 Å². The van der Waals surface area contributed by atoms with Crippen molar-refractivity contribution >= 4 is 17.5 Å². The molecule has 1 fully saturated rings. The average molecular weight is 325 g/mol. The third-order valence-electron chi connectivity index (χ3n) is 3.62. The predicted octanol–water partition coefficient (Wildman–Crippen LogP) is 2.99. The van der Waals surface area contributed by atoms with Crippen LogP contribution in [0.4, 0.5) is 4.39 Å². The van der Waals surface area contributed by atoms with Crippen LogP contribution in [0.25, 0.3) is 0 Å². The molecule has 0 N–H and O–H groups in total.